The van der Waals surface area contributed by atoms with Gasteiger partial charge in [-0.15, -0.1) is 0 Å². The fourth-order valence-electron chi connectivity index (χ4n) is 6.40. The third-order valence-corrected chi connectivity index (χ3v) is 7.58. The highest BCUT2D eigenvalue weighted by Gasteiger charge is 2.44. The van der Waals surface area contributed by atoms with Crippen LogP contribution in [0.5, 0.6) is 0 Å². The lowest BCUT2D eigenvalue weighted by atomic mass is 9.59. The van der Waals surface area contributed by atoms with Gasteiger partial charge in [-0.25, -0.2) is 0 Å². The zero-order valence-electron chi connectivity index (χ0n) is 15.5. The van der Waals surface area contributed by atoms with Gasteiger partial charge in [0.2, 0.25) is 5.91 Å². The van der Waals surface area contributed by atoms with Crippen molar-refractivity contribution in [2.75, 3.05) is 6.54 Å². The van der Waals surface area contributed by atoms with Crippen LogP contribution in [0.2, 0.25) is 0 Å². The molecule has 27 heavy (non-hydrogen) atoms. The summed E-state index contributed by atoms with van der Waals surface area (Å²) in [6.45, 7) is 0.806. The fourth-order valence-corrected chi connectivity index (χ4v) is 6.40. The maximum Gasteiger partial charge on any atom is 0.223 e. The van der Waals surface area contributed by atoms with Gasteiger partial charge in [0, 0.05) is 24.3 Å². The summed E-state index contributed by atoms with van der Waals surface area (Å²) >= 11 is 0. The van der Waals surface area contributed by atoms with Crippen LogP contribution in [0.4, 0.5) is 0 Å². The summed E-state index contributed by atoms with van der Waals surface area (Å²) in [5, 5.41) is 3.35. The molecule has 2 nitrogen and oxygen atoms in total. The van der Waals surface area contributed by atoms with Crippen LogP contribution in [-0.2, 0) is 4.79 Å². The molecule has 4 atom stereocenters. The van der Waals surface area contributed by atoms with E-state index in [1.54, 1.807) is 0 Å². The van der Waals surface area contributed by atoms with Crippen LogP contribution >= 0.6 is 0 Å². The summed E-state index contributed by atoms with van der Waals surface area (Å²) in [7, 11) is 0. The Balaban J connectivity index is 1.26. The van der Waals surface area contributed by atoms with E-state index in [1.165, 1.54) is 28.7 Å². The van der Waals surface area contributed by atoms with Crippen LogP contribution in [0, 0.1) is 23.7 Å². The molecule has 136 valence electrons. The van der Waals surface area contributed by atoms with Crippen LogP contribution in [-0.4, -0.2) is 12.5 Å². The lowest BCUT2D eigenvalue weighted by Crippen LogP contribution is -2.41. The number of carbonyl (C=O) groups is 1. The third-order valence-electron chi connectivity index (χ3n) is 7.58. The number of hydrogen-bond acceptors (Lipinski definition) is 1. The second-order valence-electron chi connectivity index (χ2n) is 8.92. The number of carbonyl (C=O) groups excluding carboxylic acids is 1. The molecule has 1 amide bonds. The van der Waals surface area contributed by atoms with Crippen molar-refractivity contribution in [3.63, 3.8) is 0 Å². The summed E-state index contributed by atoms with van der Waals surface area (Å²) < 4.78 is 0. The Morgan fingerprint density at radius 2 is 1.52 bits per heavy atom. The van der Waals surface area contributed by atoms with E-state index in [-0.39, 0.29) is 11.8 Å². The van der Waals surface area contributed by atoms with Crippen LogP contribution in [0.1, 0.15) is 53.4 Å². The smallest absolute Gasteiger partial charge is 0.223 e. The molecule has 0 spiro atoms. The monoisotopic (exact) mass is 355 g/mol. The first-order valence-corrected chi connectivity index (χ1v) is 10.4. The van der Waals surface area contributed by atoms with E-state index >= 15 is 0 Å². The highest BCUT2D eigenvalue weighted by atomic mass is 16.1. The maximum absolute atomic E-state index is 12.8. The summed E-state index contributed by atoms with van der Waals surface area (Å²) in [6.07, 6.45) is 7.97. The molecule has 1 saturated carbocycles. The molecule has 0 unspecified atom stereocenters. The van der Waals surface area contributed by atoms with Crippen molar-refractivity contribution >= 4 is 5.91 Å². The van der Waals surface area contributed by atoms with Gasteiger partial charge in [-0.2, -0.15) is 0 Å². The van der Waals surface area contributed by atoms with Gasteiger partial charge in [0.15, 0.2) is 0 Å². The first-order chi connectivity index (χ1) is 13.3. The van der Waals surface area contributed by atoms with Crippen LogP contribution < -0.4 is 5.32 Å². The second kappa shape index (κ2) is 5.82. The van der Waals surface area contributed by atoms with Gasteiger partial charge in [0.05, 0.1) is 0 Å². The molecule has 1 N–H and O–H groups in total. The van der Waals surface area contributed by atoms with Crippen LogP contribution in [0.15, 0.2) is 60.7 Å². The number of amides is 1. The Morgan fingerprint density at radius 1 is 0.852 bits per heavy atom. The number of hydrogen-bond donors (Lipinski definition) is 1. The summed E-state index contributed by atoms with van der Waals surface area (Å²) in [5.74, 6) is 3.03. The molecular weight excluding hydrogens is 330 g/mol. The van der Waals surface area contributed by atoms with Crippen molar-refractivity contribution in [1.29, 1.82) is 0 Å². The van der Waals surface area contributed by atoms with E-state index in [0.29, 0.717) is 29.6 Å². The molecule has 0 heterocycles. The van der Waals surface area contributed by atoms with Gasteiger partial charge in [-0.1, -0.05) is 60.7 Å². The molecule has 2 aromatic carbocycles. The number of benzene rings is 2. The molecule has 7 rings (SSSR count). The Kier molecular flexibility index (Phi) is 3.38. The van der Waals surface area contributed by atoms with Crippen molar-refractivity contribution in [3.05, 3.63) is 82.9 Å². The average Bonchev–Trinajstić information content (AvgIpc) is 3.36. The first kappa shape index (κ1) is 15.7. The normalized spacial score (nSPS) is 34.4. The van der Waals surface area contributed by atoms with Crippen LogP contribution in [0.3, 0.4) is 0 Å². The second-order valence-corrected chi connectivity index (χ2v) is 8.92. The van der Waals surface area contributed by atoms with E-state index in [1.807, 2.05) is 0 Å². The van der Waals surface area contributed by atoms with Gasteiger partial charge < -0.3 is 5.32 Å². The number of fused-ring (bicyclic) bond motifs is 3. The molecule has 2 heteroatoms. The van der Waals surface area contributed by atoms with E-state index in [0.717, 1.165) is 19.4 Å². The van der Waals surface area contributed by atoms with Gasteiger partial charge >= 0.3 is 0 Å². The predicted molar refractivity (Wildman–Crippen MR) is 107 cm³/mol. The minimum absolute atomic E-state index is 0.209. The summed E-state index contributed by atoms with van der Waals surface area (Å²) in [6, 6.07) is 17.9. The van der Waals surface area contributed by atoms with Crippen molar-refractivity contribution in [1.82, 2.24) is 5.32 Å². The SMILES string of the molecule is O=C(NC[C@H]1CC2c3ccccc3C1c1ccccc12)[C@H]1C[C@H]2C=C[C@H]1C2. The molecular formula is C25H25NO. The van der Waals surface area contributed by atoms with E-state index in [4.69, 9.17) is 0 Å². The lowest BCUT2D eigenvalue weighted by molar-refractivity contribution is -0.125. The lowest BCUT2D eigenvalue weighted by Gasteiger charge is -2.45. The molecule has 0 aliphatic heterocycles. The largest absolute Gasteiger partial charge is 0.356 e. The predicted octanol–water partition coefficient (Wildman–Crippen LogP) is 4.61. The standard InChI is InChI=1S/C25H25NO/c27-25(22-12-15-9-10-16(22)11-15)26-14-17-13-23-18-5-1-3-7-20(18)24(17)21-8-4-2-6-19(21)23/h1-10,15-17,22-24H,11-14H2,(H,26,27)/t15-,16-,17+,22-,23?,24?/m0/s1. The van der Waals surface area contributed by atoms with Gasteiger partial charge in [0.1, 0.15) is 0 Å². The maximum atomic E-state index is 12.8. The molecule has 0 aromatic heterocycles. The Hall–Kier alpha value is -2.35. The Morgan fingerprint density at radius 3 is 2.11 bits per heavy atom. The van der Waals surface area contributed by atoms with Gasteiger partial charge in [-0.05, 0) is 59.3 Å². The molecule has 0 saturated heterocycles. The third kappa shape index (κ3) is 2.29. The van der Waals surface area contributed by atoms with E-state index in [2.05, 4.69) is 66.0 Å². The Labute approximate surface area is 160 Å². The quantitative estimate of drug-likeness (QED) is 0.800. The van der Waals surface area contributed by atoms with Gasteiger partial charge in [0.25, 0.3) is 0 Å². The first-order valence-electron chi connectivity index (χ1n) is 10.4. The fraction of sp³-hybridized carbons (Fsp3) is 0.400. The number of nitrogens with one attached hydrogen (secondary N) is 1. The molecule has 4 bridgehead atoms. The molecule has 2 aromatic rings. The summed E-state index contributed by atoms with van der Waals surface area (Å²) in [4.78, 5) is 12.8. The molecule has 5 aliphatic carbocycles. The van der Waals surface area contributed by atoms with E-state index < -0.39 is 0 Å². The number of rotatable bonds is 3. The van der Waals surface area contributed by atoms with E-state index in [9.17, 15) is 4.79 Å². The van der Waals surface area contributed by atoms with Crippen molar-refractivity contribution in [3.8, 4) is 0 Å². The number of allylic oxidation sites excluding steroid dienone is 2. The zero-order chi connectivity index (χ0) is 18.0. The molecule has 0 radical (unpaired) electrons. The Bertz CT molecular complexity index is 897. The van der Waals surface area contributed by atoms with Crippen molar-refractivity contribution in [2.45, 2.75) is 31.1 Å². The topological polar surface area (TPSA) is 29.1 Å². The van der Waals surface area contributed by atoms with Gasteiger partial charge in [-0.3, -0.25) is 4.79 Å². The average molecular weight is 355 g/mol. The van der Waals surface area contributed by atoms with Crippen molar-refractivity contribution < 1.29 is 4.79 Å². The highest BCUT2D eigenvalue weighted by molar-refractivity contribution is 5.80. The minimum Gasteiger partial charge on any atom is -0.356 e. The molecule has 1 fully saturated rings. The highest BCUT2D eigenvalue weighted by Crippen LogP contribution is 2.55. The zero-order valence-corrected chi connectivity index (χ0v) is 15.5. The van der Waals surface area contributed by atoms with Crippen molar-refractivity contribution in [2.24, 2.45) is 23.7 Å². The minimum atomic E-state index is 0.209. The van der Waals surface area contributed by atoms with Crippen LogP contribution in [0.25, 0.3) is 0 Å². The molecule has 5 aliphatic rings. The summed E-state index contributed by atoms with van der Waals surface area (Å²) in [5.41, 5.74) is 5.97.